The molecule has 2 heterocycles. The highest BCUT2D eigenvalue weighted by Crippen LogP contribution is 2.14. The summed E-state index contributed by atoms with van der Waals surface area (Å²) in [5.41, 5.74) is 0. The molecular formula is C12H22FN3O. The Kier molecular flexibility index (Phi) is 4.74. The van der Waals surface area contributed by atoms with Gasteiger partial charge in [0, 0.05) is 39.3 Å². The van der Waals surface area contributed by atoms with E-state index in [-0.39, 0.29) is 18.5 Å². The first-order chi connectivity index (χ1) is 8.31. The Morgan fingerprint density at radius 3 is 2.65 bits per heavy atom. The summed E-state index contributed by atoms with van der Waals surface area (Å²) < 4.78 is 12.2. The van der Waals surface area contributed by atoms with Gasteiger partial charge in [-0.15, -0.1) is 0 Å². The van der Waals surface area contributed by atoms with Crippen LogP contribution in [0.2, 0.25) is 0 Å². The van der Waals surface area contributed by atoms with E-state index in [4.69, 9.17) is 0 Å². The fraction of sp³-hybridized carbons (Fsp3) is 0.917. The molecule has 2 aliphatic rings. The minimum absolute atomic E-state index is 0.163. The molecule has 0 aromatic carbocycles. The van der Waals surface area contributed by atoms with Gasteiger partial charge in [0.25, 0.3) is 0 Å². The molecule has 0 spiro atoms. The lowest BCUT2D eigenvalue weighted by Gasteiger charge is -2.36. The average molecular weight is 243 g/mol. The molecular weight excluding hydrogens is 221 g/mol. The zero-order valence-electron chi connectivity index (χ0n) is 10.3. The monoisotopic (exact) mass is 243 g/mol. The van der Waals surface area contributed by atoms with E-state index in [0.717, 1.165) is 52.1 Å². The zero-order valence-corrected chi connectivity index (χ0v) is 10.3. The lowest BCUT2D eigenvalue weighted by Crippen LogP contribution is -2.52. The Balaban J connectivity index is 1.77. The Morgan fingerprint density at radius 2 is 2.06 bits per heavy atom. The maximum Gasteiger partial charge on any atom is 0.227 e. The fourth-order valence-electron chi connectivity index (χ4n) is 2.63. The van der Waals surface area contributed by atoms with Crippen molar-refractivity contribution in [1.29, 1.82) is 0 Å². The number of carbonyl (C=O) groups excluding carboxylic acids is 1. The van der Waals surface area contributed by atoms with Crippen LogP contribution in [0.15, 0.2) is 0 Å². The third kappa shape index (κ3) is 3.39. The lowest BCUT2D eigenvalue weighted by molar-refractivity contribution is -0.137. The van der Waals surface area contributed by atoms with Gasteiger partial charge in [-0.25, -0.2) is 4.39 Å². The van der Waals surface area contributed by atoms with Crippen molar-refractivity contribution in [2.45, 2.75) is 12.8 Å². The van der Waals surface area contributed by atoms with E-state index in [1.165, 1.54) is 0 Å². The van der Waals surface area contributed by atoms with E-state index >= 15 is 0 Å². The number of amides is 1. The molecule has 0 aromatic rings. The summed E-state index contributed by atoms with van der Waals surface area (Å²) in [6.07, 6.45) is 2.11. The molecule has 0 saturated carbocycles. The number of nitrogens with zero attached hydrogens (tertiary/aromatic N) is 2. The van der Waals surface area contributed by atoms with E-state index in [1.807, 2.05) is 4.90 Å². The van der Waals surface area contributed by atoms with Gasteiger partial charge in [-0.3, -0.25) is 9.69 Å². The Hall–Kier alpha value is -0.680. The largest absolute Gasteiger partial charge is 0.340 e. The van der Waals surface area contributed by atoms with Crippen molar-refractivity contribution < 1.29 is 9.18 Å². The molecule has 2 rings (SSSR count). The van der Waals surface area contributed by atoms with E-state index in [9.17, 15) is 9.18 Å². The van der Waals surface area contributed by atoms with Gasteiger partial charge in [0.15, 0.2) is 0 Å². The number of halogens is 1. The molecule has 2 fully saturated rings. The van der Waals surface area contributed by atoms with E-state index in [2.05, 4.69) is 10.2 Å². The molecule has 2 aliphatic heterocycles. The van der Waals surface area contributed by atoms with Gasteiger partial charge >= 0.3 is 0 Å². The number of hydrogen-bond donors (Lipinski definition) is 1. The van der Waals surface area contributed by atoms with Crippen LogP contribution in [0.25, 0.3) is 0 Å². The highest BCUT2D eigenvalue weighted by atomic mass is 19.1. The molecule has 0 aromatic heterocycles. The van der Waals surface area contributed by atoms with Gasteiger partial charge in [-0.1, -0.05) is 0 Å². The number of hydrogen-bond acceptors (Lipinski definition) is 3. The molecule has 1 atom stereocenters. The molecule has 1 N–H and O–H groups in total. The molecule has 1 amide bonds. The maximum atomic E-state index is 12.2. The molecule has 5 heteroatoms. The van der Waals surface area contributed by atoms with Crippen LogP contribution >= 0.6 is 0 Å². The van der Waals surface area contributed by atoms with Crippen LogP contribution in [0.1, 0.15) is 12.8 Å². The van der Waals surface area contributed by atoms with Crippen molar-refractivity contribution >= 4 is 5.91 Å². The van der Waals surface area contributed by atoms with Crippen LogP contribution in [-0.4, -0.2) is 68.2 Å². The first-order valence-electron chi connectivity index (χ1n) is 6.59. The normalized spacial score (nSPS) is 27.1. The Morgan fingerprint density at radius 1 is 1.29 bits per heavy atom. The highest BCUT2D eigenvalue weighted by molar-refractivity contribution is 5.79. The SMILES string of the molecule is O=C(C1CCCNC1)N1CCN(CCF)CC1. The summed E-state index contributed by atoms with van der Waals surface area (Å²) in [6.45, 7) is 5.22. The van der Waals surface area contributed by atoms with Crippen molar-refractivity contribution in [2.24, 2.45) is 5.92 Å². The molecule has 0 bridgehead atoms. The first kappa shape index (κ1) is 12.8. The van der Waals surface area contributed by atoms with Crippen LogP contribution in [0, 0.1) is 5.92 Å². The van der Waals surface area contributed by atoms with Crippen molar-refractivity contribution in [3.63, 3.8) is 0 Å². The Labute approximate surface area is 102 Å². The van der Waals surface area contributed by atoms with Crippen molar-refractivity contribution in [3.05, 3.63) is 0 Å². The highest BCUT2D eigenvalue weighted by Gasteiger charge is 2.28. The second-order valence-corrected chi connectivity index (χ2v) is 4.90. The fourth-order valence-corrected chi connectivity index (χ4v) is 2.63. The van der Waals surface area contributed by atoms with Crippen LogP contribution in [-0.2, 0) is 4.79 Å². The summed E-state index contributed by atoms with van der Waals surface area (Å²) in [7, 11) is 0. The van der Waals surface area contributed by atoms with Crippen LogP contribution in [0.4, 0.5) is 4.39 Å². The van der Waals surface area contributed by atoms with Gasteiger partial charge in [0.05, 0.1) is 5.92 Å². The second-order valence-electron chi connectivity index (χ2n) is 4.90. The third-order valence-corrected chi connectivity index (χ3v) is 3.73. The number of carbonyl (C=O) groups is 1. The average Bonchev–Trinajstić information content (AvgIpc) is 2.40. The Bertz CT molecular complexity index is 248. The quantitative estimate of drug-likeness (QED) is 0.763. The molecule has 2 saturated heterocycles. The summed E-state index contributed by atoms with van der Waals surface area (Å²) in [6, 6.07) is 0. The predicted molar refractivity (Wildman–Crippen MR) is 64.6 cm³/mol. The van der Waals surface area contributed by atoms with Gasteiger partial charge < -0.3 is 10.2 Å². The summed E-state index contributed by atoms with van der Waals surface area (Å²) in [5, 5.41) is 3.28. The summed E-state index contributed by atoms with van der Waals surface area (Å²) in [4.78, 5) is 16.2. The molecule has 0 radical (unpaired) electrons. The van der Waals surface area contributed by atoms with E-state index < -0.39 is 0 Å². The third-order valence-electron chi connectivity index (χ3n) is 3.73. The predicted octanol–water partition coefficient (Wildman–Crippen LogP) is 0.0997. The van der Waals surface area contributed by atoms with E-state index in [1.54, 1.807) is 0 Å². The van der Waals surface area contributed by atoms with Crippen molar-refractivity contribution in [3.8, 4) is 0 Å². The van der Waals surface area contributed by atoms with Gasteiger partial charge in [0.1, 0.15) is 6.67 Å². The van der Waals surface area contributed by atoms with Gasteiger partial charge in [0.2, 0.25) is 5.91 Å². The lowest BCUT2D eigenvalue weighted by atomic mass is 9.98. The minimum Gasteiger partial charge on any atom is -0.340 e. The first-order valence-corrected chi connectivity index (χ1v) is 6.59. The molecule has 4 nitrogen and oxygen atoms in total. The standard InChI is InChI=1S/C12H22FN3O/c13-3-5-15-6-8-16(9-7-15)12(17)11-2-1-4-14-10-11/h11,14H,1-10H2. The maximum absolute atomic E-state index is 12.2. The van der Waals surface area contributed by atoms with Crippen LogP contribution in [0.3, 0.4) is 0 Å². The number of piperidine rings is 1. The smallest absolute Gasteiger partial charge is 0.227 e. The number of alkyl halides is 1. The van der Waals surface area contributed by atoms with Crippen LogP contribution in [0.5, 0.6) is 0 Å². The molecule has 0 aliphatic carbocycles. The topological polar surface area (TPSA) is 35.6 Å². The summed E-state index contributed by atoms with van der Waals surface area (Å²) >= 11 is 0. The zero-order chi connectivity index (χ0) is 12.1. The molecule has 98 valence electrons. The van der Waals surface area contributed by atoms with Crippen LogP contribution < -0.4 is 5.32 Å². The number of piperazine rings is 1. The van der Waals surface area contributed by atoms with E-state index in [0.29, 0.717) is 6.54 Å². The molecule has 17 heavy (non-hydrogen) atoms. The number of rotatable bonds is 3. The van der Waals surface area contributed by atoms with Gasteiger partial charge in [-0.2, -0.15) is 0 Å². The number of nitrogens with one attached hydrogen (secondary N) is 1. The van der Waals surface area contributed by atoms with Gasteiger partial charge in [-0.05, 0) is 19.4 Å². The molecule has 1 unspecified atom stereocenters. The minimum atomic E-state index is -0.291. The van der Waals surface area contributed by atoms with Crippen molar-refractivity contribution in [1.82, 2.24) is 15.1 Å². The van der Waals surface area contributed by atoms with Crippen molar-refractivity contribution in [2.75, 3.05) is 52.5 Å². The second kappa shape index (κ2) is 6.31. The summed E-state index contributed by atoms with van der Waals surface area (Å²) in [5.74, 6) is 0.452.